The molecule has 4 nitrogen and oxygen atoms in total. The molecule has 17 heavy (non-hydrogen) atoms. The zero-order valence-electron chi connectivity index (χ0n) is 12.1. The van der Waals surface area contributed by atoms with Crippen molar-refractivity contribution < 1.29 is 8.42 Å². The van der Waals surface area contributed by atoms with Gasteiger partial charge < -0.3 is 10.2 Å². The van der Waals surface area contributed by atoms with E-state index in [1.54, 1.807) is 6.92 Å². The predicted molar refractivity (Wildman–Crippen MR) is 74.2 cm³/mol. The summed E-state index contributed by atoms with van der Waals surface area (Å²) in [6.45, 7) is 6.04. The highest BCUT2D eigenvalue weighted by molar-refractivity contribution is 7.91. The van der Waals surface area contributed by atoms with Crippen molar-refractivity contribution >= 4 is 9.84 Å². The highest BCUT2D eigenvalue weighted by Gasteiger charge is 2.30. The Morgan fingerprint density at radius 1 is 1.29 bits per heavy atom. The molecule has 0 aromatic carbocycles. The molecule has 0 saturated heterocycles. The van der Waals surface area contributed by atoms with Crippen LogP contribution < -0.4 is 5.32 Å². The summed E-state index contributed by atoms with van der Waals surface area (Å²) in [4.78, 5) is 2.17. The highest BCUT2D eigenvalue weighted by Crippen LogP contribution is 2.19. The van der Waals surface area contributed by atoms with Gasteiger partial charge in [-0.3, -0.25) is 0 Å². The molecule has 0 fully saturated rings. The molecule has 1 N–H and O–H groups in total. The van der Waals surface area contributed by atoms with E-state index >= 15 is 0 Å². The molecule has 0 saturated carbocycles. The average Bonchev–Trinajstić information content (AvgIpc) is 2.23. The Kier molecular flexibility index (Phi) is 6.66. The fourth-order valence-corrected chi connectivity index (χ4v) is 2.71. The van der Waals surface area contributed by atoms with Crippen molar-refractivity contribution in [3.05, 3.63) is 0 Å². The molecule has 0 aliphatic rings. The first-order valence-electron chi connectivity index (χ1n) is 6.22. The SMILES string of the molecule is CCS(=O)(=O)CCCC(NC)C(C)(C)N(C)C. The lowest BCUT2D eigenvalue weighted by Crippen LogP contribution is -2.54. The molecule has 0 aromatic heterocycles. The number of nitrogens with one attached hydrogen (secondary N) is 1. The first kappa shape index (κ1) is 16.9. The second-order valence-corrected chi connectivity index (χ2v) is 7.74. The van der Waals surface area contributed by atoms with Crippen molar-refractivity contribution in [1.29, 1.82) is 0 Å². The van der Waals surface area contributed by atoms with Crippen LogP contribution in [0.25, 0.3) is 0 Å². The molecule has 0 aromatic rings. The molecule has 0 rings (SSSR count). The summed E-state index contributed by atoms with van der Waals surface area (Å²) in [5.41, 5.74) is 0.0186. The molecular weight excluding hydrogens is 236 g/mol. The quantitative estimate of drug-likeness (QED) is 0.714. The molecule has 0 bridgehead atoms. The smallest absolute Gasteiger partial charge is 0.150 e. The lowest BCUT2D eigenvalue weighted by atomic mass is 9.90. The van der Waals surface area contributed by atoms with Crippen LogP contribution in [0.1, 0.15) is 33.6 Å². The van der Waals surface area contributed by atoms with Gasteiger partial charge in [0, 0.05) is 17.3 Å². The van der Waals surface area contributed by atoms with Gasteiger partial charge in [0.15, 0.2) is 0 Å². The third-order valence-electron chi connectivity index (χ3n) is 3.74. The van der Waals surface area contributed by atoms with Crippen LogP contribution in [0.4, 0.5) is 0 Å². The van der Waals surface area contributed by atoms with Gasteiger partial charge in [-0.2, -0.15) is 0 Å². The minimum atomic E-state index is -2.83. The van der Waals surface area contributed by atoms with Gasteiger partial charge in [0.1, 0.15) is 9.84 Å². The number of likely N-dealkylation sites (N-methyl/N-ethyl adjacent to an activating group) is 2. The van der Waals surface area contributed by atoms with Crippen molar-refractivity contribution in [3.8, 4) is 0 Å². The van der Waals surface area contributed by atoms with E-state index in [0.717, 1.165) is 12.8 Å². The second kappa shape index (κ2) is 6.71. The minimum Gasteiger partial charge on any atom is -0.315 e. The maximum absolute atomic E-state index is 11.4. The van der Waals surface area contributed by atoms with Gasteiger partial charge >= 0.3 is 0 Å². The third-order valence-corrected chi connectivity index (χ3v) is 5.53. The number of hydrogen-bond donors (Lipinski definition) is 1. The van der Waals surface area contributed by atoms with E-state index in [0.29, 0.717) is 11.8 Å². The van der Waals surface area contributed by atoms with Gasteiger partial charge in [-0.15, -0.1) is 0 Å². The van der Waals surface area contributed by atoms with E-state index in [9.17, 15) is 8.42 Å². The maximum atomic E-state index is 11.4. The van der Waals surface area contributed by atoms with Crippen LogP contribution in [0.2, 0.25) is 0 Å². The Bertz CT molecular complexity index is 310. The molecule has 0 radical (unpaired) electrons. The maximum Gasteiger partial charge on any atom is 0.150 e. The number of rotatable bonds is 8. The number of nitrogens with zero attached hydrogens (tertiary/aromatic N) is 1. The van der Waals surface area contributed by atoms with Crippen molar-refractivity contribution in [3.63, 3.8) is 0 Å². The number of hydrogen-bond acceptors (Lipinski definition) is 4. The topological polar surface area (TPSA) is 49.4 Å². The van der Waals surface area contributed by atoms with Gasteiger partial charge in [0.2, 0.25) is 0 Å². The molecule has 0 aliphatic carbocycles. The largest absolute Gasteiger partial charge is 0.315 e. The van der Waals surface area contributed by atoms with E-state index in [2.05, 4.69) is 24.1 Å². The van der Waals surface area contributed by atoms with Crippen molar-refractivity contribution in [1.82, 2.24) is 10.2 Å². The molecule has 1 atom stereocenters. The van der Waals surface area contributed by atoms with Gasteiger partial charge in [-0.1, -0.05) is 6.92 Å². The predicted octanol–water partition coefficient (Wildman–Crippen LogP) is 1.13. The molecule has 5 heteroatoms. The fraction of sp³-hybridized carbons (Fsp3) is 1.00. The second-order valence-electron chi connectivity index (χ2n) is 5.27. The van der Waals surface area contributed by atoms with E-state index in [1.165, 1.54) is 0 Å². The Balaban J connectivity index is 4.35. The van der Waals surface area contributed by atoms with Crippen molar-refractivity contribution in [2.45, 2.75) is 45.2 Å². The van der Waals surface area contributed by atoms with E-state index in [4.69, 9.17) is 0 Å². The molecule has 0 spiro atoms. The zero-order chi connectivity index (χ0) is 13.7. The van der Waals surface area contributed by atoms with Crippen LogP contribution in [-0.4, -0.2) is 57.5 Å². The lowest BCUT2D eigenvalue weighted by Gasteiger charge is -2.40. The van der Waals surface area contributed by atoms with Gasteiger partial charge in [0.05, 0.1) is 5.75 Å². The van der Waals surface area contributed by atoms with E-state index < -0.39 is 9.84 Å². The summed E-state index contributed by atoms with van der Waals surface area (Å²) in [6.07, 6.45) is 1.60. The lowest BCUT2D eigenvalue weighted by molar-refractivity contribution is 0.136. The third kappa shape index (κ3) is 5.36. The van der Waals surface area contributed by atoms with Crippen LogP contribution in [0.5, 0.6) is 0 Å². The van der Waals surface area contributed by atoms with Gasteiger partial charge in [-0.05, 0) is 47.8 Å². The van der Waals surface area contributed by atoms with Crippen molar-refractivity contribution in [2.75, 3.05) is 32.6 Å². The summed E-state index contributed by atoms with van der Waals surface area (Å²) in [5, 5.41) is 3.29. The summed E-state index contributed by atoms with van der Waals surface area (Å²) >= 11 is 0. The van der Waals surface area contributed by atoms with Crippen molar-refractivity contribution in [2.24, 2.45) is 0 Å². The summed E-state index contributed by atoms with van der Waals surface area (Å²) in [6, 6.07) is 0.296. The van der Waals surface area contributed by atoms with Crippen LogP contribution in [0.3, 0.4) is 0 Å². The molecule has 0 heterocycles. The molecule has 104 valence electrons. The highest BCUT2D eigenvalue weighted by atomic mass is 32.2. The number of sulfone groups is 1. The Morgan fingerprint density at radius 2 is 1.82 bits per heavy atom. The van der Waals surface area contributed by atoms with Gasteiger partial charge in [0.25, 0.3) is 0 Å². The summed E-state index contributed by atoms with van der Waals surface area (Å²) in [5.74, 6) is 0.541. The Labute approximate surface area is 107 Å². The Morgan fingerprint density at radius 3 is 2.18 bits per heavy atom. The Hall–Kier alpha value is -0.130. The standard InChI is InChI=1S/C12H28N2O2S/c1-7-17(15,16)10-8-9-11(13-4)12(2,3)14(5)6/h11,13H,7-10H2,1-6H3. The average molecular weight is 264 g/mol. The minimum absolute atomic E-state index is 0.0186. The normalized spacial score (nSPS) is 15.2. The zero-order valence-corrected chi connectivity index (χ0v) is 12.9. The first-order chi connectivity index (χ1) is 7.67. The van der Waals surface area contributed by atoms with Gasteiger partial charge in [-0.25, -0.2) is 8.42 Å². The molecule has 0 aliphatic heterocycles. The van der Waals surface area contributed by atoms with E-state index in [-0.39, 0.29) is 11.3 Å². The molecular formula is C12H28N2O2S. The van der Waals surface area contributed by atoms with Crippen LogP contribution >= 0.6 is 0 Å². The van der Waals surface area contributed by atoms with Crippen LogP contribution in [0.15, 0.2) is 0 Å². The fourth-order valence-electron chi connectivity index (χ4n) is 1.81. The molecule has 1 unspecified atom stereocenters. The molecule has 0 amide bonds. The summed E-state index contributed by atoms with van der Waals surface area (Å²) in [7, 11) is 3.20. The van der Waals surface area contributed by atoms with Crippen LogP contribution in [0, 0.1) is 0 Å². The van der Waals surface area contributed by atoms with Crippen LogP contribution in [-0.2, 0) is 9.84 Å². The summed E-state index contributed by atoms with van der Waals surface area (Å²) < 4.78 is 22.8. The first-order valence-corrected chi connectivity index (χ1v) is 8.04. The monoisotopic (exact) mass is 264 g/mol. The van der Waals surface area contributed by atoms with E-state index in [1.807, 2.05) is 21.1 Å².